The van der Waals surface area contributed by atoms with Gasteiger partial charge in [-0.3, -0.25) is 9.69 Å². The summed E-state index contributed by atoms with van der Waals surface area (Å²) in [5.41, 5.74) is 0.623. The summed E-state index contributed by atoms with van der Waals surface area (Å²) in [6.07, 6.45) is 0.293. The van der Waals surface area contributed by atoms with E-state index >= 15 is 0 Å². The molecule has 0 saturated heterocycles. The summed E-state index contributed by atoms with van der Waals surface area (Å²) in [6.45, 7) is 4.18. The summed E-state index contributed by atoms with van der Waals surface area (Å²) in [7, 11) is 1.87. The number of hydrogen-bond acceptors (Lipinski definition) is 4. The van der Waals surface area contributed by atoms with E-state index in [1.54, 1.807) is 25.1 Å². The third-order valence-electron chi connectivity index (χ3n) is 3.60. The molecule has 118 valence electrons. The van der Waals surface area contributed by atoms with Crippen molar-refractivity contribution >= 4 is 11.7 Å². The molecule has 0 aliphatic rings. The van der Waals surface area contributed by atoms with Crippen LogP contribution < -0.4 is 5.32 Å². The highest BCUT2D eigenvalue weighted by atomic mass is 19.1. The number of aromatic nitrogens is 1. The van der Waals surface area contributed by atoms with Crippen LogP contribution in [-0.2, 0) is 4.79 Å². The van der Waals surface area contributed by atoms with Crippen molar-refractivity contribution in [3.63, 3.8) is 0 Å². The lowest BCUT2D eigenvalue weighted by Crippen LogP contribution is -2.27. The van der Waals surface area contributed by atoms with E-state index in [4.69, 9.17) is 4.52 Å². The van der Waals surface area contributed by atoms with E-state index in [-0.39, 0.29) is 17.8 Å². The zero-order chi connectivity index (χ0) is 16.1. The van der Waals surface area contributed by atoms with Crippen LogP contribution in [0.5, 0.6) is 0 Å². The van der Waals surface area contributed by atoms with Gasteiger partial charge >= 0.3 is 0 Å². The van der Waals surface area contributed by atoms with Gasteiger partial charge in [-0.1, -0.05) is 23.4 Å². The van der Waals surface area contributed by atoms with Gasteiger partial charge in [0, 0.05) is 30.6 Å². The molecule has 1 atom stereocenters. The first-order valence-corrected chi connectivity index (χ1v) is 7.15. The fraction of sp³-hybridized carbons (Fsp3) is 0.375. The smallest absolute Gasteiger partial charge is 0.226 e. The molecule has 0 spiro atoms. The topological polar surface area (TPSA) is 58.4 Å². The maximum atomic E-state index is 13.8. The van der Waals surface area contributed by atoms with E-state index in [0.717, 1.165) is 0 Å². The lowest BCUT2D eigenvalue weighted by Gasteiger charge is -2.25. The first kappa shape index (κ1) is 16.2. The number of rotatable bonds is 6. The minimum atomic E-state index is -0.232. The first-order valence-electron chi connectivity index (χ1n) is 7.15. The van der Waals surface area contributed by atoms with Gasteiger partial charge in [0.1, 0.15) is 11.6 Å². The van der Waals surface area contributed by atoms with Gasteiger partial charge in [-0.25, -0.2) is 4.39 Å². The van der Waals surface area contributed by atoms with Crippen LogP contribution in [0.1, 0.15) is 30.7 Å². The Hall–Kier alpha value is -2.21. The van der Waals surface area contributed by atoms with Crippen LogP contribution in [0.4, 0.5) is 10.2 Å². The molecule has 0 aliphatic heterocycles. The van der Waals surface area contributed by atoms with E-state index in [9.17, 15) is 9.18 Å². The number of carbonyl (C=O) groups is 1. The Morgan fingerprint density at radius 3 is 2.82 bits per heavy atom. The van der Waals surface area contributed by atoms with Gasteiger partial charge < -0.3 is 9.84 Å². The number of benzene rings is 1. The molecular formula is C16H20FN3O2. The second-order valence-corrected chi connectivity index (χ2v) is 5.30. The monoisotopic (exact) mass is 305 g/mol. The van der Waals surface area contributed by atoms with Gasteiger partial charge in [-0.15, -0.1) is 0 Å². The van der Waals surface area contributed by atoms with Crippen LogP contribution in [-0.4, -0.2) is 29.6 Å². The fourth-order valence-electron chi connectivity index (χ4n) is 2.15. The van der Waals surface area contributed by atoms with E-state index in [0.29, 0.717) is 30.1 Å². The number of halogens is 1. The maximum absolute atomic E-state index is 13.8. The predicted molar refractivity (Wildman–Crippen MR) is 81.9 cm³/mol. The highest BCUT2D eigenvalue weighted by Crippen LogP contribution is 2.21. The Morgan fingerprint density at radius 2 is 2.18 bits per heavy atom. The molecule has 5 nitrogen and oxygen atoms in total. The summed E-state index contributed by atoms with van der Waals surface area (Å²) in [5.74, 6) is 0.665. The quantitative estimate of drug-likeness (QED) is 0.890. The van der Waals surface area contributed by atoms with Gasteiger partial charge in [0.05, 0.1) is 0 Å². The SMILES string of the molecule is Cc1cc(NC(=O)CCN(C)[C@H](C)c2ccccc2F)no1. The summed E-state index contributed by atoms with van der Waals surface area (Å²) >= 11 is 0. The molecule has 0 aliphatic carbocycles. The lowest BCUT2D eigenvalue weighted by atomic mass is 10.1. The number of carbonyl (C=O) groups excluding carboxylic acids is 1. The third-order valence-corrected chi connectivity index (χ3v) is 3.60. The van der Waals surface area contributed by atoms with Crippen molar-refractivity contribution in [2.24, 2.45) is 0 Å². The normalized spacial score (nSPS) is 12.4. The number of amides is 1. The molecule has 2 rings (SSSR count). The van der Waals surface area contributed by atoms with Gasteiger partial charge in [-0.05, 0) is 27.0 Å². The van der Waals surface area contributed by atoms with Gasteiger partial charge in [0.25, 0.3) is 0 Å². The molecule has 6 heteroatoms. The summed E-state index contributed by atoms with van der Waals surface area (Å²) in [5, 5.41) is 6.37. The van der Waals surface area contributed by atoms with Gasteiger partial charge in [0.2, 0.25) is 5.91 Å². The molecule has 0 bridgehead atoms. The molecule has 0 radical (unpaired) electrons. The first-order chi connectivity index (χ1) is 10.5. The maximum Gasteiger partial charge on any atom is 0.226 e. The van der Waals surface area contributed by atoms with Crippen molar-refractivity contribution in [2.45, 2.75) is 26.3 Å². The minimum absolute atomic E-state index is 0.108. The van der Waals surface area contributed by atoms with Crippen LogP contribution in [0, 0.1) is 12.7 Å². The Kier molecular flexibility index (Phi) is 5.27. The van der Waals surface area contributed by atoms with Gasteiger partial charge in [-0.2, -0.15) is 0 Å². The molecule has 2 aromatic rings. The van der Waals surface area contributed by atoms with Crippen molar-refractivity contribution in [2.75, 3.05) is 18.9 Å². The number of anilines is 1. The molecule has 1 amide bonds. The zero-order valence-corrected chi connectivity index (χ0v) is 13.0. The molecule has 1 aromatic carbocycles. The molecule has 0 saturated carbocycles. The van der Waals surface area contributed by atoms with E-state index < -0.39 is 0 Å². The fourth-order valence-corrected chi connectivity index (χ4v) is 2.15. The van der Waals surface area contributed by atoms with E-state index in [1.165, 1.54) is 6.07 Å². The van der Waals surface area contributed by atoms with Crippen molar-refractivity contribution in [1.82, 2.24) is 10.1 Å². The average molecular weight is 305 g/mol. The number of hydrogen-bond donors (Lipinski definition) is 1. The van der Waals surface area contributed by atoms with Crippen molar-refractivity contribution in [3.8, 4) is 0 Å². The van der Waals surface area contributed by atoms with Crippen LogP contribution in [0.25, 0.3) is 0 Å². The Bertz CT molecular complexity index is 642. The van der Waals surface area contributed by atoms with Crippen LogP contribution in [0.3, 0.4) is 0 Å². The molecular weight excluding hydrogens is 285 g/mol. The minimum Gasteiger partial charge on any atom is -0.360 e. The highest BCUT2D eigenvalue weighted by molar-refractivity contribution is 5.89. The summed E-state index contributed by atoms with van der Waals surface area (Å²) in [4.78, 5) is 13.8. The number of nitrogens with one attached hydrogen (secondary N) is 1. The Balaban J connectivity index is 1.85. The summed E-state index contributed by atoms with van der Waals surface area (Å²) < 4.78 is 18.6. The van der Waals surface area contributed by atoms with Crippen molar-refractivity contribution < 1.29 is 13.7 Å². The van der Waals surface area contributed by atoms with Crippen LogP contribution in [0.15, 0.2) is 34.9 Å². The standard InChI is InChI=1S/C16H20FN3O2/c1-11-10-15(19-22-11)18-16(21)8-9-20(3)12(2)13-6-4-5-7-14(13)17/h4-7,10,12H,8-9H2,1-3H3,(H,18,19,21)/t12-/m1/s1. The van der Waals surface area contributed by atoms with Crippen LogP contribution in [0.2, 0.25) is 0 Å². The molecule has 1 N–H and O–H groups in total. The molecule has 1 aromatic heterocycles. The number of aryl methyl sites for hydroxylation is 1. The second kappa shape index (κ2) is 7.17. The molecule has 0 unspecified atom stereocenters. The number of nitrogens with zero attached hydrogens (tertiary/aromatic N) is 2. The van der Waals surface area contributed by atoms with Crippen molar-refractivity contribution in [3.05, 3.63) is 47.5 Å². The molecule has 1 heterocycles. The second-order valence-electron chi connectivity index (χ2n) is 5.30. The van der Waals surface area contributed by atoms with Gasteiger partial charge in [0.15, 0.2) is 5.82 Å². The largest absolute Gasteiger partial charge is 0.360 e. The zero-order valence-electron chi connectivity index (χ0n) is 13.0. The third kappa shape index (κ3) is 4.14. The Morgan fingerprint density at radius 1 is 1.45 bits per heavy atom. The highest BCUT2D eigenvalue weighted by Gasteiger charge is 2.16. The Labute approximate surface area is 129 Å². The van der Waals surface area contributed by atoms with E-state index in [2.05, 4.69) is 10.5 Å². The lowest BCUT2D eigenvalue weighted by molar-refractivity contribution is -0.116. The predicted octanol–water partition coefficient (Wildman–Crippen LogP) is 3.14. The van der Waals surface area contributed by atoms with Crippen LogP contribution >= 0.6 is 0 Å². The molecule has 22 heavy (non-hydrogen) atoms. The molecule has 0 fully saturated rings. The van der Waals surface area contributed by atoms with E-state index in [1.807, 2.05) is 24.9 Å². The van der Waals surface area contributed by atoms with Crippen molar-refractivity contribution in [1.29, 1.82) is 0 Å². The average Bonchev–Trinajstić information content (AvgIpc) is 2.89. The summed E-state index contributed by atoms with van der Waals surface area (Å²) in [6, 6.07) is 8.22.